The summed E-state index contributed by atoms with van der Waals surface area (Å²) >= 11 is 0. The molecule has 0 saturated carbocycles. The summed E-state index contributed by atoms with van der Waals surface area (Å²) in [4.78, 5) is 135. The van der Waals surface area contributed by atoms with Crippen LogP contribution in [0.2, 0.25) is 0 Å². The number of aliphatic imine (C=N–C) groups is 2. The Morgan fingerprint density at radius 1 is 0.525 bits per heavy atom. The van der Waals surface area contributed by atoms with Crippen LogP contribution in [-0.2, 0) is 49.6 Å². The fraction of sp³-hybridized carbons (Fsp3) is 0.642. The lowest BCUT2D eigenvalue weighted by atomic mass is 9.97. The summed E-state index contributed by atoms with van der Waals surface area (Å²) in [5.41, 5.74) is 40.5. The molecule has 0 radical (unpaired) electrons. The normalized spacial score (nSPS) is 15.0. The van der Waals surface area contributed by atoms with Gasteiger partial charge in [-0.2, -0.15) is 0 Å². The summed E-state index contributed by atoms with van der Waals surface area (Å²) in [6.45, 7) is 14.4. The monoisotopic (exact) mass is 1120 g/mol. The molecular formula is C53H92N18O9. The zero-order valence-corrected chi connectivity index (χ0v) is 47.8. The van der Waals surface area contributed by atoms with Crippen molar-refractivity contribution in [3.05, 3.63) is 36.0 Å². The molecule has 0 spiro atoms. The van der Waals surface area contributed by atoms with Crippen LogP contribution in [0, 0.1) is 17.8 Å². The second-order valence-electron chi connectivity index (χ2n) is 21.2. The number of carbonyl (C=O) groups excluding carboxylic acids is 9. The van der Waals surface area contributed by atoms with Crippen LogP contribution in [-0.4, -0.2) is 144 Å². The van der Waals surface area contributed by atoms with Crippen LogP contribution in [0.4, 0.5) is 0 Å². The maximum absolute atomic E-state index is 14.4. The van der Waals surface area contributed by atoms with Crippen molar-refractivity contribution in [3.8, 4) is 0 Å². The van der Waals surface area contributed by atoms with Gasteiger partial charge in [0.1, 0.15) is 48.3 Å². The molecule has 0 aliphatic carbocycles. The van der Waals surface area contributed by atoms with Crippen molar-refractivity contribution in [1.29, 1.82) is 0 Å². The lowest BCUT2D eigenvalue weighted by Gasteiger charge is -2.29. The molecule has 27 nitrogen and oxygen atoms in total. The van der Waals surface area contributed by atoms with E-state index in [4.69, 9.17) is 40.1 Å². The minimum absolute atomic E-state index is 0.00433. The molecule has 2 aromatic rings. The van der Waals surface area contributed by atoms with Crippen LogP contribution in [0.5, 0.6) is 0 Å². The summed E-state index contributed by atoms with van der Waals surface area (Å²) in [6, 6.07) is -3.14. The molecule has 10 atom stereocenters. The van der Waals surface area contributed by atoms with Gasteiger partial charge in [-0.1, -0.05) is 66.2 Å². The number of benzene rings is 1. The Morgan fingerprint density at radius 2 is 0.975 bits per heavy atom. The Balaban J connectivity index is 2.41. The van der Waals surface area contributed by atoms with Crippen molar-refractivity contribution in [2.75, 3.05) is 19.6 Å². The van der Waals surface area contributed by atoms with Gasteiger partial charge in [0.2, 0.25) is 53.2 Å². The van der Waals surface area contributed by atoms with Crippen molar-refractivity contribution < 1.29 is 43.2 Å². The first kappa shape index (κ1) is 68.6. The number of fused-ring (bicyclic) bond motifs is 1. The number of aromatic amines is 1. The molecule has 0 unspecified atom stereocenters. The number of unbranched alkanes of at least 4 members (excludes halogenated alkanes) is 1. The van der Waals surface area contributed by atoms with Crippen LogP contribution in [0.1, 0.15) is 125 Å². The van der Waals surface area contributed by atoms with E-state index in [1.165, 1.54) is 13.8 Å². The largest absolute Gasteiger partial charge is 0.370 e. The molecule has 448 valence electrons. The van der Waals surface area contributed by atoms with E-state index in [-0.39, 0.29) is 81.8 Å². The van der Waals surface area contributed by atoms with E-state index in [1.54, 1.807) is 20.0 Å². The van der Waals surface area contributed by atoms with Gasteiger partial charge in [-0.3, -0.25) is 53.1 Å². The number of rotatable bonds is 37. The van der Waals surface area contributed by atoms with E-state index < -0.39 is 113 Å². The van der Waals surface area contributed by atoms with Crippen LogP contribution in [0.15, 0.2) is 40.4 Å². The van der Waals surface area contributed by atoms with E-state index in [2.05, 4.69) is 57.5 Å². The van der Waals surface area contributed by atoms with E-state index >= 15 is 0 Å². The molecular weight excluding hydrogens is 1030 g/mol. The highest BCUT2D eigenvalue weighted by Gasteiger charge is 2.36. The van der Waals surface area contributed by atoms with Gasteiger partial charge in [-0.15, -0.1) is 0 Å². The predicted molar refractivity (Wildman–Crippen MR) is 307 cm³/mol. The molecule has 80 heavy (non-hydrogen) atoms. The molecule has 0 fully saturated rings. The number of nitrogens with zero attached hydrogens (tertiary/aromatic N) is 2. The Hall–Kier alpha value is -7.55. The molecule has 0 bridgehead atoms. The number of para-hydroxylation sites is 1. The van der Waals surface area contributed by atoms with Crippen LogP contribution in [0.25, 0.3) is 10.9 Å². The molecule has 0 saturated heterocycles. The molecule has 27 heteroatoms. The highest BCUT2D eigenvalue weighted by Crippen LogP contribution is 2.20. The number of H-pyrrole nitrogens is 1. The number of carbonyl (C=O) groups is 9. The van der Waals surface area contributed by atoms with E-state index in [9.17, 15) is 43.2 Å². The standard InChI is InChI=1S/C53H92N18O9/c1-9-30(6)42(51(80)67-38(20-15-23-62-53(59)60)47(76)66-37(18-12-13-21-54)46(75)65-36(43(56)72)19-14-22-61-52(57)58)71-45(74)32(8)64-48(77)39(24-28(2)3)69-50(79)41(26-33-27-63-35-17-11-10-16-34(33)35)70-49(78)40(25-29(4)5)68-44(73)31(7)55/h10-11,16-17,27-32,36-42,63H,9,12-15,18-26,54-55H2,1-8H3,(H2,56,72)(H,64,77)(H,65,75)(H,66,76)(H,67,80)(H,68,73)(H,69,79)(H,70,78)(H,71,74)(H4,57,58,61)(H4,59,60,62)/t30-,31-,32-,36-,37-,38-,39-,40-,41-,42-/m0/s1. The first-order valence-corrected chi connectivity index (χ1v) is 27.5. The highest BCUT2D eigenvalue weighted by molar-refractivity contribution is 5.98. The van der Waals surface area contributed by atoms with E-state index in [0.717, 1.165) is 10.9 Å². The number of aromatic nitrogens is 1. The second kappa shape index (κ2) is 35.1. The zero-order chi connectivity index (χ0) is 60.2. The van der Waals surface area contributed by atoms with Gasteiger partial charge in [0.05, 0.1) is 6.04 Å². The Labute approximate surface area is 469 Å². The van der Waals surface area contributed by atoms with Gasteiger partial charge in [0.25, 0.3) is 0 Å². The van der Waals surface area contributed by atoms with Crippen molar-refractivity contribution in [1.82, 2.24) is 47.5 Å². The van der Waals surface area contributed by atoms with Crippen LogP contribution >= 0.6 is 0 Å². The molecule has 9 amide bonds. The summed E-state index contributed by atoms with van der Waals surface area (Å²) in [6.07, 6.45) is 4.04. The number of guanidine groups is 2. The maximum Gasteiger partial charge on any atom is 0.243 e. The topological polar surface area (TPSA) is 473 Å². The maximum atomic E-state index is 14.4. The summed E-state index contributed by atoms with van der Waals surface area (Å²) in [5, 5.41) is 22.5. The SMILES string of the molecule is CC[C@H](C)[C@H](NC(=O)[C@H](C)NC(=O)[C@H](CC(C)C)NC(=O)[C@H](Cc1c[nH]c2ccccc12)NC(=O)[C@H](CC(C)C)NC(=O)[C@H](C)N)C(=O)N[C@@H](CCCN=C(N)N)C(=O)N[C@@H](CCCCN)C(=O)N[C@@H](CCCN=C(N)N)C(N)=O. The number of amides is 9. The number of hydrogen-bond donors (Lipinski definition) is 16. The molecule has 1 aromatic carbocycles. The van der Waals surface area contributed by atoms with Crippen LogP contribution < -0.4 is 82.7 Å². The van der Waals surface area contributed by atoms with Gasteiger partial charge >= 0.3 is 0 Å². The molecule has 23 N–H and O–H groups in total. The molecule has 1 heterocycles. The Bertz CT molecular complexity index is 2420. The smallest absolute Gasteiger partial charge is 0.243 e. The third kappa shape index (κ3) is 24.6. The molecule has 2 rings (SSSR count). The van der Waals surface area contributed by atoms with Crippen LogP contribution in [0.3, 0.4) is 0 Å². The summed E-state index contributed by atoms with van der Waals surface area (Å²) < 4.78 is 0. The average Bonchev–Trinajstić information content (AvgIpc) is 3.80. The fourth-order valence-electron chi connectivity index (χ4n) is 8.47. The van der Waals surface area contributed by atoms with Gasteiger partial charge in [-0.05, 0) is 108 Å². The predicted octanol–water partition coefficient (Wildman–Crippen LogP) is -2.18. The fourth-order valence-corrected chi connectivity index (χ4v) is 8.47. The van der Waals surface area contributed by atoms with Gasteiger partial charge in [0.15, 0.2) is 11.9 Å². The number of primary amides is 1. The summed E-state index contributed by atoms with van der Waals surface area (Å²) in [5.74, 6) is -7.49. The van der Waals surface area contributed by atoms with Crippen molar-refractivity contribution >= 4 is 76.0 Å². The Morgan fingerprint density at radius 3 is 1.49 bits per heavy atom. The lowest BCUT2D eigenvalue weighted by Crippen LogP contribution is -2.61. The summed E-state index contributed by atoms with van der Waals surface area (Å²) in [7, 11) is 0. The molecule has 0 aliphatic heterocycles. The average molecular weight is 1130 g/mol. The Kier molecular flexibility index (Phi) is 30.1. The minimum atomic E-state index is -1.30. The minimum Gasteiger partial charge on any atom is -0.370 e. The van der Waals surface area contributed by atoms with Gasteiger partial charge in [0, 0.05) is 36.6 Å². The highest BCUT2D eigenvalue weighted by atomic mass is 16.2. The van der Waals surface area contributed by atoms with Crippen molar-refractivity contribution in [2.45, 2.75) is 180 Å². The second-order valence-corrected chi connectivity index (χ2v) is 21.2. The van der Waals surface area contributed by atoms with Gasteiger partial charge < -0.3 is 87.7 Å². The lowest BCUT2D eigenvalue weighted by molar-refractivity contribution is -0.136. The quantitative estimate of drug-likeness (QED) is 0.0194. The zero-order valence-electron chi connectivity index (χ0n) is 47.8. The van der Waals surface area contributed by atoms with Crippen molar-refractivity contribution in [2.24, 2.45) is 67.9 Å². The van der Waals surface area contributed by atoms with Gasteiger partial charge in [-0.25, -0.2) is 0 Å². The number of nitrogens with two attached hydrogens (primary N) is 7. The third-order valence-electron chi connectivity index (χ3n) is 13.1. The third-order valence-corrected chi connectivity index (χ3v) is 13.1. The molecule has 1 aromatic heterocycles. The first-order chi connectivity index (χ1) is 37.7. The van der Waals surface area contributed by atoms with E-state index in [0.29, 0.717) is 37.8 Å². The molecule has 0 aliphatic rings. The van der Waals surface area contributed by atoms with E-state index in [1.807, 2.05) is 52.0 Å². The first-order valence-electron chi connectivity index (χ1n) is 27.5. The number of hydrogen-bond acceptors (Lipinski definition) is 13. The number of nitrogens with one attached hydrogen (secondary N) is 9. The van der Waals surface area contributed by atoms with Crippen molar-refractivity contribution in [3.63, 3.8) is 0 Å².